The summed E-state index contributed by atoms with van der Waals surface area (Å²) < 4.78 is 0. The zero-order valence-corrected chi connectivity index (χ0v) is 15.3. The number of carbonyl (C=O) groups is 1. The Hall–Kier alpha value is -2.94. The molecule has 0 aliphatic rings. The molecule has 0 atom stereocenters. The predicted octanol–water partition coefficient (Wildman–Crippen LogP) is 4.36. The zero-order chi connectivity index (χ0) is 18.4. The second kappa shape index (κ2) is 8.43. The Morgan fingerprint density at radius 2 is 1.85 bits per heavy atom. The van der Waals surface area contributed by atoms with Gasteiger partial charge in [0.2, 0.25) is 5.91 Å². The van der Waals surface area contributed by atoms with Crippen LogP contribution < -0.4 is 5.32 Å². The highest BCUT2D eigenvalue weighted by Crippen LogP contribution is 2.25. The monoisotopic (exact) mass is 361 g/mol. The van der Waals surface area contributed by atoms with Crippen molar-refractivity contribution in [3.8, 4) is 17.2 Å². The van der Waals surface area contributed by atoms with Crippen LogP contribution in [0.4, 0.5) is 5.00 Å². The lowest BCUT2D eigenvalue weighted by Gasteiger charge is -2.18. The maximum Gasteiger partial charge on any atom is 0.239 e. The van der Waals surface area contributed by atoms with E-state index in [2.05, 4.69) is 35.7 Å². The van der Waals surface area contributed by atoms with E-state index in [1.165, 1.54) is 22.5 Å². The molecule has 0 unspecified atom stereocenters. The van der Waals surface area contributed by atoms with Crippen molar-refractivity contribution >= 4 is 22.2 Å². The highest BCUT2D eigenvalue weighted by Gasteiger charge is 2.12. The number of nitrogens with zero attached hydrogens (tertiary/aromatic N) is 2. The molecule has 130 valence electrons. The molecule has 0 spiro atoms. The number of thiophene rings is 1. The van der Waals surface area contributed by atoms with Gasteiger partial charge in [0.05, 0.1) is 12.1 Å². The molecule has 3 aromatic rings. The molecule has 1 heterocycles. The summed E-state index contributed by atoms with van der Waals surface area (Å²) in [6, 6.07) is 22.2. The Morgan fingerprint density at radius 3 is 2.62 bits per heavy atom. The lowest BCUT2D eigenvalue weighted by atomic mass is 9.99. The number of carbonyl (C=O) groups excluding carboxylic acids is 1. The number of rotatable bonds is 6. The van der Waals surface area contributed by atoms with Crippen molar-refractivity contribution in [2.45, 2.75) is 6.54 Å². The summed E-state index contributed by atoms with van der Waals surface area (Å²) >= 11 is 1.36. The fourth-order valence-electron chi connectivity index (χ4n) is 2.81. The van der Waals surface area contributed by atoms with Gasteiger partial charge >= 0.3 is 0 Å². The van der Waals surface area contributed by atoms with Gasteiger partial charge in [-0.3, -0.25) is 9.69 Å². The molecule has 1 aromatic heterocycles. The standard InChI is InChI=1S/C21H19N3OS/c1-24(15-20(25)23-21-17(13-22)11-12-26-21)14-18-9-5-6-10-19(18)16-7-3-2-4-8-16/h2-12H,14-15H2,1H3,(H,23,25). The Labute approximate surface area is 157 Å². The molecule has 1 amide bonds. The third-order valence-electron chi connectivity index (χ3n) is 3.99. The van der Waals surface area contributed by atoms with Crippen LogP contribution in [0.1, 0.15) is 11.1 Å². The van der Waals surface area contributed by atoms with E-state index in [1.807, 2.05) is 42.3 Å². The fourth-order valence-corrected chi connectivity index (χ4v) is 3.56. The molecule has 3 rings (SSSR count). The Bertz CT molecular complexity index is 928. The molecule has 26 heavy (non-hydrogen) atoms. The molecule has 5 heteroatoms. The summed E-state index contributed by atoms with van der Waals surface area (Å²) in [5.41, 5.74) is 4.01. The van der Waals surface area contributed by atoms with Crippen molar-refractivity contribution in [3.05, 3.63) is 77.2 Å². The molecule has 0 saturated carbocycles. The van der Waals surface area contributed by atoms with E-state index >= 15 is 0 Å². The molecular formula is C21H19N3OS. The van der Waals surface area contributed by atoms with E-state index < -0.39 is 0 Å². The van der Waals surface area contributed by atoms with Crippen molar-refractivity contribution in [2.75, 3.05) is 18.9 Å². The van der Waals surface area contributed by atoms with Gasteiger partial charge in [-0.25, -0.2) is 0 Å². The average Bonchev–Trinajstić information content (AvgIpc) is 3.09. The average molecular weight is 361 g/mol. The largest absolute Gasteiger partial charge is 0.315 e. The summed E-state index contributed by atoms with van der Waals surface area (Å²) in [6.07, 6.45) is 0. The third kappa shape index (κ3) is 4.37. The predicted molar refractivity (Wildman–Crippen MR) is 106 cm³/mol. The number of anilines is 1. The number of nitrogens with one attached hydrogen (secondary N) is 1. The number of likely N-dealkylation sites (N-methyl/N-ethyl adjacent to an activating group) is 1. The van der Waals surface area contributed by atoms with Crippen LogP contribution in [-0.4, -0.2) is 24.4 Å². The Kier molecular flexibility index (Phi) is 5.80. The summed E-state index contributed by atoms with van der Waals surface area (Å²) in [6.45, 7) is 0.917. The fraction of sp³-hybridized carbons (Fsp3) is 0.143. The quantitative estimate of drug-likeness (QED) is 0.710. The molecule has 0 saturated heterocycles. The van der Waals surface area contributed by atoms with E-state index in [-0.39, 0.29) is 12.5 Å². The zero-order valence-electron chi connectivity index (χ0n) is 14.5. The first-order chi connectivity index (χ1) is 12.7. The number of amides is 1. The van der Waals surface area contributed by atoms with Crippen LogP contribution in [0.15, 0.2) is 66.0 Å². The van der Waals surface area contributed by atoms with Gasteiger partial charge in [0.1, 0.15) is 11.1 Å². The van der Waals surface area contributed by atoms with Gasteiger partial charge in [0, 0.05) is 6.54 Å². The minimum atomic E-state index is -0.122. The van der Waals surface area contributed by atoms with Crippen molar-refractivity contribution in [1.82, 2.24) is 4.90 Å². The van der Waals surface area contributed by atoms with Crippen molar-refractivity contribution in [1.29, 1.82) is 5.26 Å². The molecule has 0 aliphatic carbocycles. The van der Waals surface area contributed by atoms with Crippen LogP contribution in [0.2, 0.25) is 0 Å². The summed E-state index contributed by atoms with van der Waals surface area (Å²) in [5.74, 6) is -0.122. The van der Waals surface area contributed by atoms with Crippen LogP contribution in [0.5, 0.6) is 0 Å². The number of hydrogen-bond donors (Lipinski definition) is 1. The van der Waals surface area contributed by atoms with E-state index in [1.54, 1.807) is 11.4 Å². The molecule has 0 aliphatic heterocycles. The van der Waals surface area contributed by atoms with Gasteiger partial charge in [-0.2, -0.15) is 5.26 Å². The van der Waals surface area contributed by atoms with E-state index in [9.17, 15) is 4.79 Å². The highest BCUT2D eigenvalue weighted by atomic mass is 32.1. The lowest BCUT2D eigenvalue weighted by Crippen LogP contribution is -2.29. The van der Waals surface area contributed by atoms with Gasteiger partial charge in [0.15, 0.2) is 0 Å². The number of hydrogen-bond acceptors (Lipinski definition) is 4. The maximum atomic E-state index is 12.3. The highest BCUT2D eigenvalue weighted by molar-refractivity contribution is 7.14. The molecule has 2 aromatic carbocycles. The lowest BCUT2D eigenvalue weighted by molar-refractivity contribution is -0.117. The molecule has 1 N–H and O–H groups in total. The molecule has 0 fully saturated rings. The molecular weight excluding hydrogens is 342 g/mol. The first-order valence-electron chi connectivity index (χ1n) is 8.26. The molecule has 4 nitrogen and oxygen atoms in total. The van der Waals surface area contributed by atoms with Crippen molar-refractivity contribution in [3.63, 3.8) is 0 Å². The topological polar surface area (TPSA) is 56.1 Å². The second-order valence-corrected chi connectivity index (χ2v) is 6.93. The first kappa shape index (κ1) is 17.9. The van der Waals surface area contributed by atoms with Crippen molar-refractivity contribution < 1.29 is 4.79 Å². The van der Waals surface area contributed by atoms with Gasteiger partial charge in [-0.1, -0.05) is 54.6 Å². The summed E-state index contributed by atoms with van der Waals surface area (Å²) in [5, 5.41) is 14.3. The van der Waals surface area contributed by atoms with Gasteiger partial charge in [-0.05, 0) is 35.2 Å². The van der Waals surface area contributed by atoms with E-state index in [0.717, 1.165) is 5.56 Å². The van der Waals surface area contributed by atoms with Gasteiger partial charge < -0.3 is 5.32 Å². The van der Waals surface area contributed by atoms with Crippen LogP contribution in [0.3, 0.4) is 0 Å². The summed E-state index contributed by atoms with van der Waals surface area (Å²) in [7, 11) is 1.92. The minimum absolute atomic E-state index is 0.122. The van der Waals surface area contributed by atoms with Gasteiger partial charge in [-0.15, -0.1) is 11.3 Å². The van der Waals surface area contributed by atoms with E-state index in [0.29, 0.717) is 17.1 Å². The Morgan fingerprint density at radius 1 is 1.12 bits per heavy atom. The smallest absolute Gasteiger partial charge is 0.239 e. The Balaban J connectivity index is 1.66. The van der Waals surface area contributed by atoms with Crippen LogP contribution in [0.25, 0.3) is 11.1 Å². The number of benzene rings is 2. The van der Waals surface area contributed by atoms with Crippen LogP contribution in [-0.2, 0) is 11.3 Å². The first-order valence-corrected chi connectivity index (χ1v) is 9.14. The van der Waals surface area contributed by atoms with E-state index in [4.69, 9.17) is 5.26 Å². The minimum Gasteiger partial charge on any atom is -0.315 e. The molecule has 0 radical (unpaired) electrons. The third-order valence-corrected chi connectivity index (χ3v) is 4.82. The summed E-state index contributed by atoms with van der Waals surface area (Å²) in [4.78, 5) is 14.2. The van der Waals surface area contributed by atoms with Crippen LogP contribution in [0, 0.1) is 11.3 Å². The molecule has 0 bridgehead atoms. The van der Waals surface area contributed by atoms with Crippen LogP contribution >= 0.6 is 11.3 Å². The van der Waals surface area contributed by atoms with Gasteiger partial charge in [0.25, 0.3) is 0 Å². The number of nitriles is 1. The normalized spacial score (nSPS) is 10.5. The SMILES string of the molecule is CN(CC(=O)Nc1sccc1C#N)Cc1ccccc1-c1ccccc1. The maximum absolute atomic E-state index is 12.3. The second-order valence-electron chi connectivity index (χ2n) is 6.02. The van der Waals surface area contributed by atoms with Crippen molar-refractivity contribution in [2.24, 2.45) is 0 Å².